The summed E-state index contributed by atoms with van der Waals surface area (Å²) >= 11 is 1.04. The summed E-state index contributed by atoms with van der Waals surface area (Å²) in [6.45, 7) is 3.44. The Morgan fingerprint density at radius 1 is 1.50 bits per heavy atom. The van der Waals surface area contributed by atoms with Crippen molar-refractivity contribution in [1.29, 1.82) is 0 Å². The maximum Gasteiger partial charge on any atom is 0.249 e. The molecule has 2 rings (SSSR count). The number of hydrogen-bond donors (Lipinski definition) is 2. The van der Waals surface area contributed by atoms with Gasteiger partial charge in [-0.05, 0) is 18.8 Å². The quantitative estimate of drug-likeness (QED) is 0.780. The molecule has 1 aromatic heterocycles. The van der Waals surface area contributed by atoms with Crippen molar-refractivity contribution in [3.8, 4) is 0 Å². The van der Waals surface area contributed by atoms with Crippen molar-refractivity contribution in [2.24, 2.45) is 11.1 Å². The summed E-state index contributed by atoms with van der Waals surface area (Å²) in [4.78, 5) is 3.97. The predicted octanol–water partition coefficient (Wildman–Crippen LogP) is 1.80. The van der Waals surface area contributed by atoms with E-state index in [4.69, 9.17) is 9.88 Å². The fourth-order valence-corrected chi connectivity index (χ4v) is 3.85. The van der Waals surface area contributed by atoms with Gasteiger partial charge >= 0.3 is 0 Å². The first-order chi connectivity index (χ1) is 9.47. The summed E-state index contributed by atoms with van der Waals surface area (Å²) < 4.78 is 28.2. The molecule has 1 aliphatic carbocycles. The number of nitrogens with zero attached hydrogens (tertiary/aromatic N) is 1. The van der Waals surface area contributed by atoms with Crippen LogP contribution < -0.4 is 10.5 Å². The van der Waals surface area contributed by atoms with Gasteiger partial charge in [0.25, 0.3) is 0 Å². The van der Waals surface area contributed by atoms with E-state index in [1.807, 2.05) is 0 Å². The lowest BCUT2D eigenvalue weighted by Gasteiger charge is -2.28. The highest BCUT2D eigenvalue weighted by atomic mass is 32.2. The minimum atomic E-state index is -3.65. The summed E-state index contributed by atoms with van der Waals surface area (Å²) in [7, 11) is -3.65. The highest BCUT2D eigenvalue weighted by molar-refractivity contribution is 7.91. The zero-order valence-electron chi connectivity index (χ0n) is 11.5. The Balaban J connectivity index is 1.72. The molecular weight excluding hydrogens is 298 g/mol. The SMILES string of the molecule is C[C@@H]1CCCC[C@@H]1OCCNc1ncc(S(N)(=O)=O)s1. The third kappa shape index (κ3) is 4.41. The average molecular weight is 319 g/mol. The van der Waals surface area contributed by atoms with E-state index in [1.54, 1.807) is 0 Å². The van der Waals surface area contributed by atoms with Gasteiger partial charge in [-0.25, -0.2) is 18.5 Å². The number of primary sulfonamides is 1. The molecule has 1 saturated carbocycles. The van der Waals surface area contributed by atoms with Crippen LogP contribution in [0.2, 0.25) is 0 Å². The molecule has 1 heterocycles. The lowest BCUT2D eigenvalue weighted by molar-refractivity contribution is 0.000392. The van der Waals surface area contributed by atoms with Gasteiger partial charge in [0.1, 0.15) is 0 Å². The Labute approximate surface area is 123 Å². The molecule has 0 amide bonds. The van der Waals surface area contributed by atoms with E-state index in [0.29, 0.717) is 30.3 Å². The largest absolute Gasteiger partial charge is 0.376 e. The lowest BCUT2D eigenvalue weighted by atomic mass is 9.88. The average Bonchev–Trinajstić information content (AvgIpc) is 2.85. The van der Waals surface area contributed by atoms with Crippen molar-refractivity contribution in [1.82, 2.24) is 4.98 Å². The van der Waals surface area contributed by atoms with Crippen LogP contribution in [0.25, 0.3) is 0 Å². The maximum absolute atomic E-state index is 11.1. The minimum absolute atomic E-state index is 0.0711. The van der Waals surface area contributed by atoms with Crippen LogP contribution in [0, 0.1) is 5.92 Å². The van der Waals surface area contributed by atoms with E-state index in [1.165, 1.54) is 25.5 Å². The monoisotopic (exact) mass is 319 g/mol. The number of thiazole rings is 1. The standard InChI is InChI=1S/C12H21N3O3S2/c1-9-4-2-3-5-10(9)18-7-6-14-12-15-8-11(19-12)20(13,16)17/h8-10H,2-7H2,1H3,(H,14,15)(H2,13,16,17)/t9-,10+/m1/s1. The maximum atomic E-state index is 11.1. The van der Waals surface area contributed by atoms with Gasteiger partial charge in [0.15, 0.2) is 9.34 Å². The van der Waals surface area contributed by atoms with Gasteiger partial charge in [0, 0.05) is 6.54 Å². The number of nitrogens with one attached hydrogen (secondary N) is 1. The Bertz CT molecular complexity index is 530. The molecule has 0 unspecified atom stereocenters. The van der Waals surface area contributed by atoms with Gasteiger partial charge < -0.3 is 10.1 Å². The second kappa shape index (κ2) is 6.84. The number of sulfonamides is 1. The lowest BCUT2D eigenvalue weighted by Crippen LogP contribution is -2.27. The fourth-order valence-electron chi connectivity index (χ4n) is 2.37. The zero-order valence-corrected chi connectivity index (χ0v) is 13.2. The molecule has 20 heavy (non-hydrogen) atoms. The van der Waals surface area contributed by atoms with Gasteiger partial charge in [-0.1, -0.05) is 31.1 Å². The number of nitrogens with two attached hydrogens (primary N) is 1. The third-order valence-electron chi connectivity index (χ3n) is 3.51. The minimum Gasteiger partial charge on any atom is -0.376 e. The summed E-state index contributed by atoms with van der Waals surface area (Å²) in [5.74, 6) is 0.623. The molecule has 8 heteroatoms. The van der Waals surface area contributed by atoms with E-state index in [2.05, 4.69) is 17.2 Å². The van der Waals surface area contributed by atoms with Crippen LogP contribution in [0.3, 0.4) is 0 Å². The number of hydrogen-bond acceptors (Lipinski definition) is 6. The summed E-state index contributed by atoms with van der Waals surface area (Å²) in [5.41, 5.74) is 0. The first-order valence-corrected chi connectivity index (χ1v) is 9.17. The molecule has 2 atom stereocenters. The van der Waals surface area contributed by atoms with Crippen LogP contribution in [0.1, 0.15) is 32.6 Å². The molecule has 1 aromatic rings. The van der Waals surface area contributed by atoms with Gasteiger partial charge in [0.05, 0.1) is 18.9 Å². The topological polar surface area (TPSA) is 94.3 Å². The van der Waals surface area contributed by atoms with E-state index >= 15 is 0 Å². The molecular formula is C12H21N3O3S2. The van der Waals surface area contributed by atoms with E-state index in [0.717, 1.165) is 17.8 Å². The molecule has 6 nitrogen and oxygen atoms in total. The van der Waals surface area contributed by atoms with Crippen molar-refractivity contribution in [2.75, 3.05) is 18.5 Å². The molecule has 0 aliphatic heterocycles. The van der Waals surface area contributed by atoms with Crippen LogP contribution in [-0.2, 0) is 14.8 Å². The zero-order chi connectivity index (χ0) is 14.6. The molecule has 3 N–H and O–H groups in total. The van der Waals surface area contributed by atoms with Crippen LogP contribution in [-0.4, -0.2) is 32.7 Å². The van der Waals surface area contributed by atoms with Crippen molar-refractivity contribution >= 4 is 26.5 Å². The fraction of sp³-hybridized carbons (Fsp3) is 0.750. The molecule has 0 aromatic carbocycles. The van der Waals surface area contributed by atoms with E-state index in [-0.39, 0.29) is 4.21 Å². The summed E-state index contributed by atoms with van der Waals surface area (Å²) in [6, 6.07) is 0. The number of ether oxygens (including phenoxy) is 1. The molecule has 1 aliphatic rings. The second-order valence-electron chi connectivity index (χ2n) is 5.13. The second-order valence-corrected chi connectivity index (χ2v) is 7.95. The van der Waals surface area contributed by atoms with Crippen molar-refractivity contribution in [3.05, 3.63) is 6.20 Å². The number of anilines is 1. The Hall–Kier alpha value is -0.700. The predicted molar refractivity (Wildman–Crippen MR) is 79.3 cm³/mol. The highest BCUT2D eigenvalue weighted by Crippen LogP contribution is 2.26. The molecule has 0 saturated heterocycles. The van der Waals surface area contributed by atoms with E-state index in [9.17, 15) is 8.42 Å². The van der Waals surface area contributed by atoms with Gasteiger partial charge in [0.2, 0.25) is 10.0 Å². The number of rotatable bonds is 6. The third-order valence-corrected chi connectivity index (χ3v) is 5.87. The van der Waals surface area contributed by atoms with Crippen LogP contribution >= 0.6 is 11.3 Å². The highest BCUT2D eigenvalue weighted by Gasteiger charge is 2.21. The molecule has 0 bridgehead atoms. The van der Waals surface area contributed by atoms with Crippen LogP contribution in [0.15, 0.2) is 10.4 Å². The Kier molecular flexibility index (Phi) is 5.36. The van der Waals surface area contributed by atoms with E-state index < -0.39 is 10.0 Å². The van der Waals surface area contributed by atoms with Crippen molar-refractivity contribution in [2.45, 2.75) is 42.9 Å². The molecule has 114 valence electrons. The van der Waals surface area contributed by atoms with Crippen LogP contribution in [0.4, 0.5) is 5.13 Å². The molecule has 0 spiro atoms. The van der Waals surface area contributed by atoms with Crippen molar-refractivity contribution in [3.63, 3.8) is 0 Å². The first kappa shape index (κ1) is 15.7. The summed E-state index contributed by atoms with van der Waals surface area (Å²) in [6.07, 6.45) is 6.53. The number of aromatic nitrogens is 1. The van der Waals surface area contributed by atoms with Gasteiger partial charge in [-0.2, -0.15) is 0 Å². The first-order valence-electron chi connectivity index (χ1n) is 6.81. The Morgan fingerprint density at radius 2 is 2.25 bits per heavy atom. The molecule has 0 radical (unpaired) electrons. The van der Waals surface area contributed by atoms with Gasteiger partial charge in [-0.3, -0.25) is 0 Å². The normalized spacial score (nSPS) is 23.7. The van der Waals surface area contributed by atoms with Crippen LogP contribution in [0.5, 0.6) is 0 Å². The Morgan fingerprint density at radius 3 is 2.90 bits per heavy atom. The molecule has 1 fully saturated rings. The smallest absolute Gasteiger partial charge is 0.249 e. The summed E-state index contributed by atoms with van der Waals surface area (Å²) in [5, 5.41) is 8.63. The van der Waals surface area contributed by atoms with Crippen molar-refractivity contribution < 1.29 is 13.2 Å². The van der Waals surface area contributed by atoms with Gasteiger partial charge in [-0.15, -0.1) is 0 Å².